The molecular formula is C12H14BrNO5S. The number of carboxylic acids is 1. The van der Waals surface area contributed by atoms with Crippen molar-refractivity contribution in [1.82, 2.24) is 5.32 Å². The Hall–Kier alpha value is -1.41. The van der Waals surface area contributed by atoms with E-state index < -0.39 is 33.5 Å². The Morgan fingerprint density at radius 3 is 2.35 bits per heavy atom. The van der Waals surface area contributed by atoms with Crippen LogP contribution < -0.4 is 5.32 Å². The molecule has 8 heteroatoms. The third-order valence-electron chi connectivity index (χ3n) is 2.40. The number of nitrogens with one attached hydrogen (secondary N) is 1. The highest BCUT2D eigenvalue weighted by Crippen LogP contribution is 2.13. The van der Waals surface area contributed by atoms with Crippen LogP contribution in [0.15, 0.2) is 28.7 Å². The Morgan fingerprint density at radius 1 is 1.30 bits per heavy atom. The van der Waals surface area contributed by atoms with Crippen molar-refractivity contribution in [2.24, 2.45) is 0 Å². The first-order chi connectivity index (χ1) is 9.19. The smallest absolute Gasteiger partial charge is 0.325 e. The normalized spacial score (nSPS) is 12.7. The van der Waals surface area contributed by atoms with Gasteiger partial charge < -0.3 is 10.4 Å². The number of carbonyl (C=O) groups excluding carboxylic acids is 1. The summed E-state index contributed by atoms with van der Waals surface area (Å²) >= 11 is 3.24. The number of hydrogen-bond acceptors (Lipinski definition) is 4. The minimum atomic E-state index is -3.64. The second kappa shape index (κ2) is 6.85. The van der Waals surface area contributed by atoms with Crippen molar-refractivity contribution in [3.8, 4) is 0 Å². The molecule has 0 aromatic heterocycles. The van der Waals surface area contributed by atoms with Gasteiger partial charge in [-0.15, -0.1) is 0 Å². The van der Waals surface area contributed by atoms with Crippen molar-refractivity contribution in [3.05, 3.63) is 34.3 Å². The molecule has 20 heavy (non-hydrogen) atoms. The number of carboxylic acid groups (broad SMARTS) is 1. The molecule has 0 bridgehead atoms. The van der Waals surface area contributed by atoms with E-state index >= 15 is 0 Å². The SMILES string of the molecule is C[C@@H](NC(=O)CS(=O)(=O)Cc1ccc(Br)cc1)C(=O)O. The van der Waals surface area contributed by atoms with Gasteiger partial charge in [0.1, 0.15) is 11.8 Å². The average molecular weight is 364 g/mol. The van der Waals surface area contributed by atoms with Crippen molar-refractivity contribution in [3.63, 3.8) is 0 Å². The van der Waals surface area contributed by atoms with Gasteiger partial charge >= 0.3 is 5.97 Å². The Balaban J connectivity index is 2.63. The molecule has 0 unspecified atom stereocenters. The molecule has 0 aliphatic carbocycles. The van der Waals surface area contributed by atoms with Crippen LogP contribution in [0.1, 0.15) is 12.5 Å². The van der Waals surface area contributed by atoms with E-state index in [0.717, 1.165) is 4.47 Å². The molecule has 0 saturated carbocycles. The maximum absolute atomic E-state index is 11.8. The fourth-order valence-electron chi connectivity index (χ4n) is 1.43. The zero-order valence-electron chi connectivity index (χ0n) is 10.7. The number of rotatable bonds is 6. The van der Waals surface area contributed by atoms with Gasteiger partial charge in [0, 0.05) is 4.47 Å². The topological polar surface area (TPSA) is 101 Å². The number of benzene rings is 1. The van der Waals surface area contributed by atoms with Gasteiger partial charge in [0.2, 0.25) is 5.91 Å². The zero-order valence-corrected chi connectivity index (χ0v) is 13.1. The standard InChI is InChI=1S/C12H14BrNO5S/c1-8(12(16)17)14-11(15)7-20(18,19)6-9-2-4-10(13)5-3-9/h2-5,8H,6-7H2,1H3,(H,14,15)(H,16,17)/t8-/m1/s1. The predicted octanol–water partition coefficient (Wildman–Crippen LogP) is 0.953. The number of halogens is 1. The van der Waals surface area contributed by atoms with Crippen LogP contribution in [-0.2, 0) is 25.2 Å². The highest BCUT2D eigenvalue weighted by molar-refractivity contribution is 9.10. The lowest BCUT2D eigenvalue weighted by molar-refractivity contribution is -0.140. The van der Waals surface area contributed by atoms with Crippen molar-refractivity contribution in [2.45, 2.75) is 18.7 Å². The molecule has 110 valence electrons. The Kier molecular flexibility index (Phi) is 5.70. The van der Waals surface area contributed by atoms with E-state index in [9.17, 15) is 18.0 Å². The van der Waals surface area contributed by atoms with Crippen LogP contribution in [0.4, 0.5) is 0 Å². The monoisotopic (exact) mass is 363 g/mol. The van der Waals surface area contributed by atoms with Gasteiger partial charge in [-0.05, 0) is 24.6 Å². The number of hydrogen-bond donors (Lipinski definition) is 2. The number of sulfone groups is 1. The van der Waals surface area contributed by atoms with Gasteiger partial charge in [-0.2, -0.15) is 0 Å². The fourth-order valence-corrected chi connectivity index (χ4v) is 2.98. The van der Waals surface area contributed by atoms with Crippen LogP contribution in [0.3, 0.4) is 0 Å². The molecule has 1 atom stereocenters. The van der Waals surface area contributed by atoms with Gasteiger partial charge in [0.05, 0.1) is 5.75 Å². The maximum atomic E-state index is 11.8. The minimum absolute atomic E-state index is 0.269. The van der Waals surface area contributed by atoms with Gasteiger partial charge in [0.25, 0.3) is 0 Å². The maximum Gasteiger partial charge on any atom is 0.325 e. The summed E-state index contributed by atoms with van der Waals surface area (Å²) in [7, 11) is -3.64. The highest BCUT2D eigenvalue weighted by atomic mass is 79.9. The first-order valence-corrected chi connectivity index (χ1v) is 8.28. The summed E-state index contributed by atoms with van der Waals surface area (Å²) in [5, 5.41) is 10.7. The van der Waals surface area contributed by atoms with Crippen molar-refractivity contribution in [2.75, 3.05) is 5.75 Å². The second-order valence-electron chi connectivity index (χ2n) is 4.29. The molecule has 1 aromatic carbocycles. The third-order valence-corrected chi connectivity index (χ3v) is 4.40. The summed E-state index contributed by atoms with van der Waals surface area (Å²) in [6.45, 7) is 1.27. The summed E-state index contributed by atoms with van der Waals surface area (Å²) in [5.74, 6) is -3.05. The van der Waals surface area contributed by atoms with E-state index in [1.54, 1.807) is 24.3 Å². The number of carbonyl (C=O) groups is 2. The first kappa shape index (κ1) is 16.6. The van der Waals surface area contributed by atoms with Crippen molar-refractivity contribution >= 4 is 37.6 Å². The molecule has 1 amide bonds. The fraction of sp³-hybridized carbons (Fsp3) is 0.333. The lowest BCUT2D eigenvalue weighted by Crippen LogP contribution is -2.41. The van der Waals surface area contributed by atoms with Crippen LogP contribution in [0.2, 0.25) is 0 Å². The van der Waals surface area contributed by atoms with Crippen LogP contribution in [0.25, 0.3) is 0 Å². The van der Waals surface area contributed by atoms with E-state index in [4.69, 9.17) is 5.11 Å². The van der Waals surface area contributed by atoms with Gasteiger partial charge in [0.15, 0.2) is 9.84 Å². The quantitative estimate of drug-likeness (QED) is 0.783. The van der Waals surface area contributed by atoms with Crippen molar-refractivity contribution < 1.29 is 23.1 Å². The summed E-state index contributed by atoms with van der Waals surface area (Å²) < 4.78 is 24.5. The Labute approximate surface area is 125 Å². The van der Waals surface area contributed by atoms with E-state index in [0.29, 0.717) is 5.56 Å². The molecule has 6 nitrogen and oxygen atoms in total. The second-order valence-corrected chi connectivity index (χ2v) is 7.27. The minimum Gasteiger partial charge on any atom is -0.480 e. The summed E-state index contributed by atoms with van der Waals surface area (Å²) in [6, 6.07) is 5.57. The van der Waals surface area contributed by atoms with Gasteiger partial charge in [-0.1, -0.05) is 28.1 Å². The van der Waals surface area contributed by atoms with Gasteiger partial charge in [-0.3, -0.25) is 9.59 Å². The highest BCUT2D eigenvalue weighted by Gasteiger charge is 2.20. The molecule has 1 rings (SSSR count). The van der Waals surface area contributed by atoms with E-state index in [1.807, 2.05) is 0 Å². The molecule has 0 aliphatic rings. The average Bonchev–Trinajstić information content (AvgIpc) is 2.30. The molecule has 0 spiro atoms. The lowest BCUT2D eigenvalue weighted by atomic mass is 10.2. The van der Waals surface area contributed by atoms with Crippen LogP contribution in [0.5, 0.6) is 0 Å². The van der Waals surface area contributed by atoms with E-state index in [-0.39, 0.29) is 5.75 Å². The first-order valence-electron chi connectivity index (χ1n) is 5.66. The summed E-state index contributed by atoms with van der Waals surface area (Å²) in [4.78, 5) is 22.0. The third kappa shape index (κ3) is 5.70. The van der Waals surface area contributed by atoms with Gasteiger partial charge in [-0.25, -0.2) is 8.42 Å². The lowest BCUT2D eigenvalue weighted by Gasteiger charge is -2.09. The van der Waals surface area contributed by atoms with E-state index in [1.165, 1.54) is 6.92 Å². The number of aliphatic carboxylic acids is 1. The van der Waals surface area contributed by atoms with Crippen LogP contribution in [0, 0.1) is 0 Å². The number of amides is 1. The molecule has 0 aliphatic heterocycles. The Bertz CT molecular complexity index is 597. The van der Waals surface area contributed by atoms with Crippen LogP contribution >= 0.6 is 15.9 Å². The largest absolute Gasteiger partial charge is 0.480 e. The molecule has 0 fully saturated rings. The molecule has 0 heterocycles. The molecule has 2 N–H and O–H groups in total. The molecule has 0 saturated heterocycles. The van der Waals surface area contributed by atoms with Crippen LogP contribution in [-0.4, -0.2) is 37.2 Å². The zero-order chi connectivity index (χ0) is 15.3. The Morgan fingerprint density at radius 2 is 1.85 bits per heavy atom. The van der Waals surface area contributed by atoms with Crippen molar-refractivity contribution in [1.29, 1.82) is 0 Å². The molecular weight excluding hydrogens is 350 g/mol. The molecule has 1 aromatic rings. The predicted molar refractivity (Wildman–Crippen MR) is 76.9 cm³/mol. The summed E-state index contributed by atoms with van der Waals surface area (Å²) in [5.41, 5.74) is 0.562. The van der Waals surface area contributed by atoms with E-state index in [2.05, 4.69) is 21.2 Å². The summed E-state index contributed by atoms with van der Waals surface area (Å²) in [6.07, 6.45) is 0. The molecule has 0 radical (unpaired) electrons.